The van der Waals surface area contributed by atoms with Crippen molar-refractivity contribution in [3.8, 4) is 11.8 Å². The van der Waals surface area contributed by atoms with Gasteiger partial charge in [-0.1, -0.05) is 12.2 Å². The van der Waals surface area contributed by atoms with Crippen molar-refractivity contribution < 1.29 is 15.3 Å². The van der Waals surface area contributed by atoms with Gasteiger partial charge >= 0.3 is 0 Å². The maximum atomic E-state index is 10.6. The van der Waals surface area contributed by atoms with Gasteiger partial charge in [-0.3, -0.25) is 9.47 Å². The molecule has 8 nitrogen and oxygen atoms in total. The molecule has 1 fully saturated rings. The fraction of sp³-hybridized carbons (Fsp3) is 0.500. The maximum Gasteiger partial charge on any atom is 0.225 e. The number of aromatic nitrogens is 3. The Labute approximate surface area is 164 Å². The highest BCUT2D eigenvalue weighted by Gasteiger charge is 2.25. The van der Waals surface area contributed by atoms with E-state index in [0.29, 0.717) is 19.4 Å². The molecule has 0 bridgehead atoms. The molecule has 0 amide bonds. The van der Waals surface area contributed by atoms with Gasteiger partial charge in [-0.05, 0) is 31.9 Å². The average Bonchev–Trinajstić information content (AvgIpc) is 2.88. The molecule has 0 radical (unpaired) electrons. The predicted octanol–water partition coefficient (Wildman–Crippen LogP) is 0.917. The fourth-order valence-electron chi connectivity index (χ4n) is 4.07. The molecule has 1 atom stereocenters. The summed E-state index contributed by atoms with van der Waals surface area (Å²) in [6.07, 6.45) is 8.98. The molecule has 3 heterocycles. The van der Waals surface area contributed by atoms with Crippen LogP contribution in [0.5, 0.6) is 11.8 Å². The van der Waals surface area contributed by atoms with Crippen LogP contribution < -0.4 is 4.90 Å². The highest BCUT2D eigenvalue weighted by molar-refractivity contribution is 5.49. The molecule has 2 aromatic heterocycles. The largest absolute Gasteiger partial charge is 0.494 e. The normalized spacial score (nSPS) is 18.7. The number of aromatic hydroxyl groups is 2. The van der Waals surface area contributed by atoms with Crippen molar-refractivity contribution in [2.45, 2.75) is 31.9 Å². The molecule has 0 aromatic carbocycles. The van der Waals surface area contributed by atoms with E-state index in [1.807, 2.05) is 18.2 Å². The third-order valence-corrected chi connectivity index (χ3v) is 5.51. The van der Waals surface area contributed by atoms with Crippen LogP contribution in [-0.2, 0) is 19.4 Å². The van der Waals surface area contributed by atoms with Crippen molar-refractivity contribution in [2.75, 3.05) is 37.6 Å². The molecular weight excluding hydrogens is 358 g/mol. The Morgan fingerprint density at radius 3 is 2.25 bits per heavy atom. The zero-order valence-electron chi connectivity index (χ0n) is 15.9. The Bertz CT molecular complexity index is 805. The van der Waals surface area contributed by atoms with Crippen molar-refractivity contribution >= 4 is 5.95 Å². The lowest BCUT2D eigenvalue weighted by molar-refractivity contribution is 0.0966. The first-order chi connectivity index (χ1) is 13.6. The topological polar surface area (TPSA) is 97.9 Å². The second-order valence-electron chi connectivity index (χ2n) is 7.44. The molecule has 1 saturated heterocycles. The Kier molecular flexibility index (Phi) is 5.50. The minimum Gasteiger partial charge on any atom is -0.494 e. The third-order valence-electron chi connectivity index (χ3n) is 5.51. The fourth-order valence-corrected chi connectivity index (χ4v) is 4.07. The van der Waals surface area contributed by atoms with Gasteiger partial charge in [-0.15, -0.1) is 0 Å². The van der Waals surface area contributed by atoms with E-state index < -0.39 is 6.10 Å². The standard InChI is InChI=1S/C20H27N5O3/c26-15(14-25-18(27)16-5-1-2-6-17(16)19(25)28)13-23-9-4-10-24(12-11-23)20-21-7-3-8-22-20/h1-3,7-8,15,26-28H,4-6,9-14H2. The summed E-state index contributed by atoms with van der Waals surface area (Å²) in [5.41, 5.74) is 1.53. The van der Waals surface area contributed by atoms with Crippen LogP contribution in [-0.4, -0.2) is 73.6 Å². The van der Waals surface area contributed by atoms with E-state index in [4.69, 9.17) is 0 Å². The number of nitrogens with zero attached hydrogens (tertiary/aromatic N) is 5. The number of hydrogen-bond donors (Lipinski definition) is 3. The number of aliphatic hydroxyl groups is 1. The summed E-state index contributed by atoms with van der Waals surface area (Å²) in [4.78, 5) is 13.0. The maximum absolute atomic E-state index is 10.6. The molecule has 1 aliphatic carbocycles. The average molecular weight is 385 g/mol. The van der Waals surface area contributed by atoms with Gasteiger partial charge in [0.1, 0.15) is 0 Å². The van der Waals surface area contributed by atoms with E-state index in [1.165, 1.54) is 4.57 Å². The van der Waals surface area contributed by atoms with Crippen LogP contribution in [0.15, 0.2) is 30.6 Å². The number of anilines is 1. The number of β-amino-alcohol motifs (C(OH)–C–C–N with tert-alkyl or cyclic N) is 1. The minimum absolute atomic E-state index is 0.0687. The number of allylic oxidation sites excluding steroid dienone is 2. The van der Waals surface area contributed by atoms with Gasteiger partial charge in [-0.2, -0.15) is 0 Å². The number of rotatable bonds is 5. The lowest BCUT2D eigenvalue weighted by Crippen LogP contribution is -2.37. The molecule has 1 aliphatic heterocycles. The Morgan fingerprint density at radius 1 is 0.893 bits per heavy atom. The smallest absolute Gasteiger partial charge is 0.225 e. The molecule has 4 rings (SSSR count). The van der Waals surface area contributed by atoms with E-state index in [-0.39, 0.29) is 18.3 Å². The first-order valence-corrected chi connectivity index (χ1v) is 9.83. The second-order valence-corrected chi connectivity index (χ2v) is 7.44. The summed E-state index contributed by atoms with van der Waals surface area (Å²) in [6.45, 7) is 4.03. The summed E-state index contributed by atoms with van der Waals surface area (Å²) >= 11 is 0. The lowest BCUT2D eigenvalue weighted by atomic mass is 10.0. The molecule has 0 saturated carbocycles. The van der Waals surface area contributed by atoms with E-state index in [1.54, 1.807) is 12.4 Å². The van der Waals surface area contributed by atoms with Gasteiger partial charge in [0.05, 0.1) is 12.6 Å². The van der Waals surface area contributed by atoms with Crippen LogP contribution in [0.3, 0.4) is 0 Å². The van der Waals surface area contributed by atoms with Gasteiger partial charge in [-0.25, -0.2) is 9.97 Å². The van der Waals surface area contributed by atoms with Gasteiger partial charge in [0.25, 0.3) is 0 Å². The molecule has 2 aromatic rings. The monoisotopic (exact) mass is 385 g/mol. The van der Waals surface area contributed by atoms with Crippen molar-refractivity contribution in [1.29, 1.82) is 0 Å². The van der Waals surface area contributed by atoms with E-state index >= 15 is 0 Å². The molecule has 150 valence electrons. The molecule has 2 aliphatic rings. The highest BCUT2D eigenvalue weighted by atomic mass is 16.3. The summed E-state index contributed by atoms with van der Waals surface area (Å²) in [6, 6.07) is 1.81. The van der Waals surface area contributed by atoms with Gasteiger partial charge in [0.15, 0.2) is 11.8 Å². The van der Waals surface area contributed by atoms with Crippen LogP contribution in [0.2, 0.25) is 0 Å². The van der Waals surface area contributed by atoms with Crippen LogP contribution in [0.1, 0.15) is 17.5 Å². The van der Waals surface area contributed by atoms with Gasteiger partial charge in [0.2, 0.25) is 5.95 Å². The molecular formula is C20H27N5O3. The molecule has 8 heteroatoms. The first kappa shape index (κ1) is 18.8. The molecule has 0 spiro atoms. The van der Waals surface area contributed by atoms with Crippen LogP contribution >= 0.6 is 0 Å². The van der Waals surface area contributed by atoms with E-state index in [2.05, 4.69) is 19.8 Å². The zero-order valence-corrected chi connectivity index (χ0v) is 15.9. The Morgan fingerprint density at radius 2 is 1.57 bits per heavy atom. The highest BCUT2D eigenvalue weighted by Crippen LogP contribution is 2.36. The van der Waals surface area contributed by atoms with Crippen molar-refractivity contribution in [1.82, 2.24) is 19.4 Å². The van der Waals surface area contributed by atoms with E-state index in [9.17, 15) is 15.3 Å². The molecule has 28 heavy (non-hydrogen) atoms. The summed E-state index contributed by atoms with van der Waals surface area (Å²) in [7, 11) is 0. The summed E-state index contributed by atoms with van der Waals surface area (Å²) in [5, 5.41) is 31.5. The quantitative estimate of drug-likeness (QED) is 0.659. The number of hydrogen-bond acceptors (Lipinski definition) is 7. The van der Waals surface area contributed by atoms with Gasteiger partial charge in [0, 0.05) is 49.7 Å². The van der Waals surface area contributed by atoms with E-state index in [0.717, 1.165) is 49.7 Å². The van der Waals surface area contributed by atoms with Crippen LogP contribution in [0, 0.1) is 0 Å². The van der Waals surface area contributed by atoms with Crippen molar-refractivity contribution in [3.05, 3.63) is 41.7 Å². The number of fused-ring (bicyclic) bond motifs is 1. The summed E-state index contributed by atoms with van der Waals surface area (Å²) < 4.78 is 1.43. The predicted molar refractivity (Wildman–Crippen MR) is 106 cm³/mol. The van der Waals surface area contributed by atoms with Crippen molar-refractivity contribution in [3.63, 3.8) is 0 Å². The minimum atomic E-state index is -0.682. The van der Waals surface area contributed by atoms with Crippen LogP contribution in [0.4, 0.5) is 5.95 Å². The van der Waals surface area contributed by atoms with Crippen molar-refractivity contribution in [2.24, 2.45) is 0 Å². The van der Waals surface area contributed by atoms with Gasteiger partial charge < -0.3 is 20.2 Å². The molecule has 1 unspecified atom stereocenters. The molecule has 3 N–H and O–H groups in total. The second kappa shape index (κ2) is 8.20. The SMILES string of the molecule is Oc1c2c(c(O)n1CC(O)CN1CCCN(c3ncccn3)CC1)CC=CC2. The van der Waals surface area contributed by atoms with Crippen LogP contribution in [0.25, 0.3) is 0 Å². The summed E-state index contributed by atoms with van der Waals surface area (Å²) in [5.74, 6) is 0.879. The zero-order chi connectivity index (χ0) is 19.5. The lowest BCUT2D eigenvalue weighted by Gasteiger charge is -2.24. The Balaban J connectivity index is 1.36. The Hall–Kier alpha value is -2.58. The first-order valence-electron chi connectivity index (χ1n) is 9.83. The number of aliphatic hydroxyl groups excluding tert-OH is 1. The third kappa shape index (κ3) is 3.83.